The van der Waals surface area contributed by atoms with Crippen molar-refractivity contribution in [3.8, 4) is 11.4 Å². The lowest BCUT2D eigenvalue weighted by atomic mass is 9.95. The number of aromatic nitrogens is 5. The second-order valence-electron chi connectivity index (χ2n) is 11.6. The molecule has 0 N–H and O–H groups in total. The molecule has 0 radical (unpaired) electrons. The predicted molar refractivity (Wildman–Crippen MR) is 181 cm³/mol. The first-order chi connectivity index (χ1) is 22.3. The molecule has 0 aliphatic carbocycles. The summed E-state index contributed by atoms with van der Waals surface area (Å²) >= 11 is 0. The molecular formula is C38H25N7. The van der Waals surface area contributed by atoms with Crippen LogP contribution in [-0.4, -0.2) is 29.9 Å². The molecular weight excluding hydrogens is 554 g/mol. The zero-order chi connectivity index (χ0) is 29.5. The summed E-state index contributed by atoms with van der Waals surface area (Å²) in [7, 11) is 0. The average Bonchev–Trinajstić information content (AvgIpc) is 3.74. The molecule has 45 heavy (non-hydrogen) atoms. The smallest absolute Gasteiger partial charge is 0.138 e. The SMILES string of the molecule is C1=CN=C2C(C1)c1ccc(-n3c4ccccc4c4ccncc43)cc1N2c1ccc(-n2c3ccccc3c3ccncc32)cn1. The molecule has 7 heteroatoms. The molecule has 212 valence electrons. The highest BCUT2D eigenvalue weighted by Crippen LogP contribution is 2.46. The van der Waals surface area contributed by atoms with Crippen LogP contribution in [0.4, 0.5) is 11.5 Å². The van der Waals surface area contributed by atoms with Crippen LogP contribution in [0, 0.1) is 0 Å². The zero-order valence-corrected chi connectivity index (χ0v) is 24.1. The number of pyridine rings is 3. The second-order valence-corrected chi connectivity index (χ2v) is 11.6. The minimum Gasteiger partial charge on any atom is -0.308 e. The van der Waals surface area contributed by atoms with Gasteiger partial charge >= 0.3 is 0 Å². The van der Waals surface area contributed by atoms with Gasteiger partial charge in [0.25, 0.3) is 0 Å². The number of aliphatic imine (C=N–C) groups is 1. The maximum absolute atomic E-state index is 5.08. The average molecular weight is 580 g/mol. The van der Waals surface area contributed by atoms with E-state index >= 15 is 0 Å². The lowest BCUT2D eigenvalue weighted by Crippen LogP contribution is -2.25. The number of anilines is 2. The van der Waals surface area contributed by atoms with Crippen molar-refractivity contribution < 1.29 is 0 Å². The molecule has 7 nitrogen and oxygen atoms in total. The summed E-state index contributed by atoms with van der Waals surface area (Å²) in [5.74, 6) is 2.04. The van der Waals surface area contributed by atoms with Crippen LogP contribution in [0.1, 0.15) is 17.9 Å². The van der Waals surface area contributed by atoms with Crippen LogP contribution in [0.3, 0.4) is 0 Å². The summed E-state index contributed by atoms with van der Waals surface area (Å²) < 4.78 is 4.55. The van der Waals surface area contributed by atoms with E-state index in [1.54, 1.807) is 0 Å². The third-order valence-corrected chi connectivity index (χ3v) is 9.29. The van der Waals surface area contributed by atoms with Gasteiger partial charge in [0.05, 0.1) is 52.0 Å². The Balaban J connectivity index is 1.14. The van der Waals surface area contributed by atoms with Crippen LogP contribution >= 0.6 is 0 Å². The van der Waals surface area contributed by atoms with Crippen molar-refractivity contribution in [2.45, 2.75) is 12.3 Å². The third-order valence-electron chi connectivity index (χ3n) is 9.29. The van der Waals surface area contributed by atoms with Gasteiger partial charge in [-0.25, -0.2) is 9.98 Å². The highest BCUT2D eigenvalue weighted by Gasteiger charge is 2.37. The monoisotopic (exact) mass is 579 g/mol. The summed E-state index contributed by atoms with van der Waals surface area (Å²) in [6.45, 7) is 0. The number of para-hydroxylation sites is 2. The zero-order valence-electron chi connectivity index (χ0n) is 24.1. The highest BCUT2D eigenvalue weighted by atomic mass is 15.3. The standard InChI is InChI=1S/C38H25N7/c1-3-9-32-26(6-1)29-15-18-39-22-35(29)43(32)24-11-13-28-31-8-5-17-41-38(31)45(34(28)20-24)37-14-12-25(21-42-37)44-33-10-4-2-7-27(33)30-16-19-40-23-36(30)44/h1-7,9-23,31H,8H2. The molecule has 0 saturated carbocycles. The van der Waals surface area contributed by atoms with Gasteiger partial charge in [0.1, 0.15) is 11.7 Å². The summed E-state index contributed by atoms with van der Waals surface area (Å²) in [5.41, 5.74) is 8.88. The Hall–Kier alpha value is -6.08. The molecule has 0 bridgehead atoms. The van der Waals surface area contributed by atoms with E-state index in [0.29, 0.717) is 0 Å². The summed E-state index contributed by atoms with van der Waals surface area (Å²) in [6.07, 6.45) is 14.6. The second kappa shape index (κ2) is 9.21. The van der Waals surface area contributed by atoms with Gasteiger partial charge in [-0.15, -0.1) is 0 Å². The van der Waals surface area contributed by atoms with Crippen LogP contribution in [-0.2, 0) is 0 Å². The lowest BCUT2D eigenvalue weighted by molar-refractivity contribution is 0.905. The van der Waals surface area contributed by atoms with Crippen molar-refractivity contribution in [2.24, 2.45) is 4.99 Å². The Morgan fingerprint density at radius 1 is 0.600 bits per heavy atom. The van der Waals surface area contributed by atoms with Crippen LogP contribution in [0.2, 0.25) is 0 Å². The predicted octanol–water partition coefficient (Wildman–Crippen LogP) is 8.62. The van der Waals surface area contributed by atoms with Crippen molar-refractivity contribution in [3.63, 3.8) is 0 Å². The molecule has 1 atom stereocenters. The lowest BCUT2D eigenvalue weighted by Gasteiger charge is -2.22. The van der Waals surface area contributed by atoms with Gasteiger partial charge < -0.3 is 9.13 Å². The number of hydrogen-bond donors (Lipinski definition) is 0. The molecule has 5 aromatic heterocycles. The fourth-order valence-electron chi connectivity index (χ4n) is 7.36. The highest BCUT2D eigenvalue weighted by molar-refractivity contribution is 6.14. The largest absolute Gasteiger partial charge is 0.308 e. The van der Waals surface area contributed by atoms with E-state index < -0.39 is 0 Å². The molecule has 8 aromatic rings. The van der Waals surface area contributed by atoms with Gasteiger partial charge in [0.15, 0.2) is 0 Å². The van der Waals surface area contributed by atoms with E-state index in [4.69, 9.17) is 9.98 Å². The number of hydrogen-bond acceptors (Lipinski definition) is 5. The molecule has 10 rings (SSSR count). The van der Waals surface area contributed by atoms with Crippen LogP contribution in [0.5, 0.6) is 0 Å². The molecule has 0 spiro atoms. The van der Waals surface area contributed by atoms with Gasteiger partial charge in [-0.2, -0.15) is 0 Å². The first kappa shape index (κ1) is 24.4. The Labute approximate surface area is 258 Å². The quantitative estimate of drug-likeness (QED) is 0.210. The number of amidine groups is 1. The topological polar surface area (TPSA) is 64.1 Å². The van der Waals surface area contributed by atoms with Crippen LogP contribution in [0.15, 0.2) is 139 Å². The molecule has 7 heterocycles. The third kappa shape index (κ3) is 3.40. The molecule has 2 aliphatic heterocycles. The summed E-state index contributed by atoms with van der Waals surface area (Å²) in [5, 5.41) is 4.79. The maximum Gasteiger partial charge on any atom is 0.138 e. The number of allylic oxidation sites excluding steroid dienone is 1. The molecule has 0 fully saturated rings. The normalized spacial score (nSPS) is 15.7. The Morgan fingerprint density at radius 3 is 1.93 bits per heavy atom. The first-order valence-corrected chi connectivity index (χ1v) is 15.1. The van der Waals surface area contributed by atoms with E-state index in [2.05, 4.69) is 121 Å². The van der Waals surface area contributed by atoms with Gasteiger partial charge in [-0.05, 0) is 60.5 Å². The number of benzene rings is 3. The van der Waals surface area contributed by atoms with Crippen LogP contribution in [0.25, 0.3) is 55.0 Å². The van der Waals surface area contributed by atoms with Gasteiger partial charge in [0, 0.05) is 51.7 Å². The molecule has 2 aliphatic rings. The van der Waals surface area contributed by atoms with E-state index in [-0.39, 0.29) is 5.92 Å². The Kier molecular flexibility index (Phi) is 4.99. The van der Waals surface area contributed by atoms with Gasteiger partial charge in [0.2, 0.25) is 0 Å². The molecule has 0 saturated heterocycles. The van der Waals surface area contributed by atoms with E-state index in [1.165, 1.54) is 27.1 Å². The van der Waals surface area contributed by atoms with Crippen molar-refractivity contribution in [1.82, 2.24) is 24.1 Å². The van der Waals surface area contributed by atoms with E-state index in [0.717, 1.165) is 57.2 Å². The fraction of sp³-hybridized carbons (Fsp3) is 0.0526. The Bertz CT molecular complexity index is 2430. The van der Waals surface area contributed by atoms with Gasteiger partial charge in [-0.3, -0.25) is 14.9 Å². The number of rotatable bonds is 3. The maximum atomic E-state index is 5.08. The van der Waals surface area contributed by atoms with Crippen molar-refractivity contribution in [3.05, 3.63) is 140 Å². The fourth-order valence-corrected chi connectivity index (χ4v) is 7.36. The molecule has 0 amide bonds. The van der Waals surface area contributed by atoms with Crippen LogP contribution < -0.4 is 4.90 Å². The minimum absolute atomic E-state index is 0.184. The summed E-state index contributed by atoms with van der Waals surface area (Å²) in [4.78, 5) is 21.1. The Morgan fingerprint density at radius 2 is 1.24 bits per heavy atom. The van der Waals surface area contributed by atoms with E-state index in [1.807, 2.05) is 37.2 Å². The number of nitrogens with zero attached hydrogens (tertiary/aromatic N) is 7. The van der Waals surface area contributed by atoms with Crippen molar-refractivity contribution in [2.75, 3.05) is 4.90 Å². The first-order valence-electron chi connectivity index (χ1n) is 15.1. The van der Waals surface area contributed by atoms with E-state index in [9.17, 15) is 0 Å². The summed E-state index contributed by atoms with van der Waals surface area (Å²) in [6, 6.07) is 32.2. The van der Waals surface area contributed by atoms with Crippen molar-refractivity contribution >= 4 is 61.0 Å². The molecule has 3 aromatic carbocycles. The number of fused-ring (bicyclic) bond motifs is 9. The van der Waals surface area contributed by atoms with Gasteiger partial charge in [-0.1, -0.05) is 48.5 Å². The van der Waals surface area contributed by atoms with Crippen molar-refractivity contribution in [1.29, 1.82) is 0 Å². The minimum atomic E-state index is 0.184. The molecule has 1 unspecified atom stereocenters.